The Morgan fingerprint density at radius 1 is 1.08 bits per heavy atom. The molecule has 0 heterocycles. The first-order chi connectivity index (χ1) is 11.5. The lowest BCUT2D eigenvalue weighted by atomic mass is 9.83. The van der Waals surface area contributed by atoms with Gasteiger partial charge in [-0.25, -0.2) is 0 Å². The van der Waals surface area contributed by atoms with Crippen LogP contribution in [0.4, 0.5) is 0 Å². The summed E-state index contributed by atoms with van der Waals surface area (Å²) in [6.45, 7) is 2.88. The second kappa shape index (κ2) is 10.3. The summed E-state index contributed by atoms with van der Waals surface area (Å²) in [4.78, 5) is 0. The van der Waals surface area contributed by atoms with Crippen LogP contribution in [-0.4, -0.2) is 12.6 Å². The van der Waals surface area contributed by atoms with Crippen LogP contribution in [-0.2, 0) is 6.42 Å². The van der Waals surface area contributed by atoms with Gasteiger partial charge in [0.15, 0.2) is 0 Å². The van der Waals surface area contributed by atoms with Crippen molar-refractivity contribution in [2.45, 2.75) is 76.7 Å². The van der Waals surface area contributed by atoms with Crippen LogP contribution in [0.25, 0.3) is 0 Å². The monoisotopic (exact) mass is 406 g/mol. The van der Waals surface area contributed by atoms with E-state index in [2.05, 4.69) is 25.1 Å². The van der Waals surface area contributed by atoms with Crippen LogP contribution in [0, 0.1) is 0 Å². The van der Waals surface area contributed by atoms with Crippen LogP contribution >= 0.6 is 33.2 Å². The number of rotatable bonds is 9. The molecule has 1 aromatic rings. The summed E-state index contributed by atoms with van der Waals surface area (Å²) in [6.07, 6.45) is 11.1. The van der Waals surface area contributed by atoms with Gasteiger partial charge in [0, 0.05) is 0 Å². The Morgan fingerprint density at radius 2 is 1.83 bits per heavy atom. The maximum atomic E-state index is 6.09. The number of halogens is 3. The Labute approximate surface area is 162 Å². The minimum absolute atomic E-state index is 0.634. The van der Waals surface area contributed by atoms with Crippen LogP contribution in [0.5, 0.6) is 5.75 Å². The molecule has 1 nitrogen and oxygen atoms in total. The number of aryl methyl sites for hydroxylation is 1. The molecular weight excluding hydrogens is 379 g/mol. The topological polar surface area (TPSA) is 9.23 Å². The lowest BCUT2D eigenvalue weighted by Gasteiger charge is -2.25. The van der Waals surface area contributed by atoms with E-state index >= 15 is 0 Å². The van der Waals surface area contributed by atoms with E-state index in [0.29, 0.717) is 18.6 Å². The van der Waals surface area contributed by atoms with Crippen molar-refractivity contribution >= 4 is 39.2 Å². The molecule has 0 saturated heterocycles. The Morgan fingerprint density at radius 3 is 2.50 bits per heavy atom. The third-order valence-corrected chi connectivity index (χ3v) is 7.42. The molecule has 0 radical (unpaired) electrons. The highest BCUT2D eigenvalue weighted by Crippen LogP contribution is 2.38. The van der Waals surface area contributed by atoms with Gasteiger partial charge in [-0.3, -0.25) is 0 Å². The number of hydrogen-bond donors (Lipinski definition) is 0. The van der Waals surface area contributed by atoms with Crippen LogP contribution in [0.15, 0.2) is 18.2 Å². The second-order valence-corrected chi connectivity index (χ2v) is 16.2. The zero-order chi connectivity index (χ0) is 17.4. The van der Waals surface area contributed by atoms with Crippen molar-refractivity contribution in [3.05, 3.63) is 29.3 Å². The number of ether oxygens (including phenoxy) is 1. The van der Waals surface area contributed by atoms with Crippen molar-refractivity contribution < 1.29 is 4.74 Å². The minimum Gasteiger partial charge on any atom is -0.493 e. The quantitative estimate of drug-likeness (QED) is 0.234. The molecule has 0 spiro atoms. The molecule has 24 heavy (non-hydrogen) atoms. The predicted molar refractivity (Wildman–Crippen MR) is 109 cm³/mol. The Balaban J connectivity index is 2.03. The van der Waals surface area contributed by atoms with Gasteiger partial charge in [-0.05, 0) is 61.3 Å². The Kier molecular flexibility index (Phi) is 8.77. The number of hydrogen-bond acceptors (Lipinski definition) is 1. The maximum Gasteiger partial charge on any atom is 0.341 e. The summed E-state index contributed by atoms with van der Waals surface area (Å²) in [5.41, 5.74) is 2.85. The van der Waals surface area contributed by atoms with Gasteiger partial charge in [-0.2, -0.15) is 0 Å². The predicted octanol–water partition coefficient (Wildman–Crippen LogP) is 7.50. The minimum atomic E-state index is -2.53. The summed E-state index contributed by atoms with van der Waals surface area (Å²) in [5.74, 6) is 1.70. The maximum absolute atomic E-state index is 6.09. The molecular formula is C19H29Cl3OSi. The van der Waals surface area contributed by atoms with Gasteiger partial charge in [-0.15, -0.1) is 33.2 Å². The molecule has 0 N–H and O–H groups in total. The molecule has 1 aliphatic rings. The van der Waals surface area contributed by atoms with Gasteiger partial charge in [0.2, 0.25) is 0 Å². The van der Waals surface area contributed by atoms with Gasteiger partial charge in [0.05, 0.1) is 6.61 Å². The molecule has 0 bridgehead atoms. The molecule has 5 heteroatoms. The van der Waals surface area contributed by atoms with Crippen LogP contribution in [0.1, 0.15) is 75.3 Å². The standard InChI is InChI=1S/C19H29Cl3OSi/c1-2-3-8-16-11-12-19(23-13-7-14-24(20,21)22)18(15-16)17-9-5-4-6-10-17/h11-12,15,17H,2-10,13-14H2,1H3. The highest BCUT2D eigenvalue weighted by molar-refractivity contribution is 7.64. The fourth-order valence-electron chi connectivity index (χ4n) is 3.45. The summed E-state index contributed by atoms with van der Waals surface area (Å²) < 4.78 is 6.09. The Hall–Kier alpha value is 0.107. The molecule has 0 atom stereocenters. The van der Waals surface area contributed by atoms with Crippen LogP contribution in [0.2, 0.25) is 6.04 Å². The second-order valence-electron chi connectivity index (χ2n) is 6.88. The summed E-state index contributed by atoms with van der Waals surface area (Å²) >= 11 is 17.9. The normalized spacial score (nSPS) is 16.3. The molecule has 0 aliphatic heterocycles. The summed E-state index contributed by atoms with van der Waals surface area (Å²) in [5, 5.41) is 0. The largest absolute Gasteiger partial charge is 0.493 e. The molecule has 1 fully saturated rings. The average Bonchev–Trinajstić information content (AvgIpc) is 2.57. The molecule has 1 saturated carbocycles. The zero-order valence-electron chi connectivity index (χ0n) is 14.6. The van der Waals surface area contributed by atoms with E-state index in [9.17, 15) is 0 Å². The molecule has 0 unspecified atom stereocenters. The highest BCUT2D eigenvalue weighted by atomic mass is 35.8. The van der Waals surface area contributed by atoms with E-state index < -0.39 is 6.00 Å². The van der Waals surface area contributed by atoms with Crippen molar-refractivity contribution in [2.24, 2.45) is 0 Å². The molecule has 136 valence electrons. The number of unbranched alkanes of at least 4 members (excludes halogenated alkanes) is 1. The van der Waals surface area contributed by atoms with Crippen molar-refractivity contribution in [1.29, 1.82) is 0 Å². The van der Waals surface area contributed by atoms with E-state index in [1.807, 2.05) is 0 Å². The van der Waals surface area contributed by atoms with Gasteiger partial charge in [0.25, 0.3) is 0 Å². The number of benzene rings is 1. The fourth-order valence-corrected chi connectivity index (χ4v) is 5.20. The first-order valence-electron chi connectivity index (χ1n) is 9.32. The molecule has 1 aliphatic carbocycles. The highest BCUT2D eigenvalue weighted by Gasteiger charge is 2.24. The first kappa shape index (κ1) is 20.4. The van der Waals surface area contributed by atoms with E-state index in [1.54, 1.807) is 0 Å². The van der Waals surface area contributed by atoms with Crippen molar-refractivity contribution in [3.8, 4) is 5.75 Å². The first-order valence-corrected chi connectivity index (χ1v) is 14.6. The molecule has 0 amide bonds. The third kappa shape index (κ3) is 7.15. The smallest absolute Gasteiger partial charge is 0.341 e. The van der Waals surface area contributed by atoms with Crippen molar-refractivity contribution in [2.75, 3.05) is 6.61 Å². The fraction of sp³-hybridized carbons (Fsp3) is 0.684. The van der Waals surface area contributed by atoms with Crippen molar-refractivity contribution in [3.63, 3.8) is 0 Å². The van der Waals surface area contributed by atoms with Crippen molar-refractivity contribution in [1.82, 2.24) is 0 Å². The average molecular weight is 408 g/mol. The van der Waals surface area contributed by atoms with Gasteiger partial charge >= 0.3 is 6.00 Å². The summed E-state index contributed by atoms with van der Waals surface area (Å²) in [6, 6.07) is 4.91. The third-order valence-electron chi connectivity index (χ3n) is 4.80. The lowest BCUT2D eigenvalue weighted by Crippen LogP contribution is -2.12. The van der Waals surface area contributed by atoms with E-state index in [-0.39, 0.29) is 0 Å². The Bertz CT molecular complexity index is 496. The molecule has 1 aromatic carbocycles. The lowest BCUT2D eigenvalue weighted by molar-refractivity contribution is 0.307. The van der Waals surface area contributed by atoms with Crippen LogP contribution < -0.4 is 4.74 Å². The van der Waals surface area contributed by atoms with E-state index in [0.717, 1.165) is 18.6 Å². The zero-order valence-corrected chi connectivity index (χ0v) is 17.9. The van der Waals surface area contributed by atoms with E-state index in [4.69, 9.17) is 38.0 Å². The molecule has 0 aromatic heterocycles. The SMILES string of the molecule is CCCCc1ccc(OCCC[Si](Cl)(Cl)Cl)c(C2CCCCC2)c1. The molecule has 2 rings (SSSR count). The van der Waals surface area contributed by atoms with E-state index in [1.165, 1.54) is 56.1 Å². The van der Waals surface area contributed by atoms with Crippen LogP contribution in [0.3, 0.4) is 0 Å². The van der Waals surface area contributed by atoms with Gasteiger partial charge in [-0.1, -0.05) is 44.7 Å². The van der Waals surface area contributed by atoms with Gasteiger partial charge < -0.3 is 4.74 Å². The summed E-state index contributed by atoms with van der Waals surface area (Å²) in [7, 11) is 0. The van der Waals surface area contributed by atoms with Gasteiger partial charge in [0.1, 0.15) is 5.75 Å².